The van der Waals surface area contributed by atoms with E-state index in [0.29, 0.717) is 5.56 Å². The lowest BCUT2D eigenvalue weighted by atomic mass is 10.1. The summed E-state index contributed by atoms with van der Waals surface area (Å²) in [5.41, 5.74) is 3.51. The molecule has 0 amide bonds. The molecule has 0 radical (unpaired) electrons. The Kier molecular flexibility index (Phi) is 3.14. The van der Waals surface area contributed by atoms with Gasteiger partial charge >= 0.3 is 0 Å². The Bertz CT molecular complexity index is 1040. The minimum Gasteiger partial charge on any atom is -0.344 e. The van der Waals surface area contributed by atoms with Crippen LogP contribution in [-0.4, -0.2) is 9.97 Å². The molecule has 108 valence electrons. The summed E-state index contributed by atoms with van der Waals surface area (Å²) in [6.07, 6.45) is 1.90. The van der Waals surface area contributed by atoms with Crippen LogP contribution < -0.4 is 0 Å². The first kappa shape index (κ1) is 13.3. The average molecular weight is 295 g/mol. The van der Waals surface area contributed by atoms with E-state index in [0.717, 1.165) is 22.6 Å². The fraction of sp³-hybridized carbons (Fsp3) is 0. The van der Waals surface area contributed by atoms with E-state index in [4.69, 9.17) is 5.26 Å². The molecule has 1 aromatic heterocycles. The van der Waals surface area contributed by atoms with Crippen LogP contribution in [0.5, 0.6) is 0 Å². The van der Waals surface area contributed by atoms with Gasteiger partial charge in [0, 0.05) is 17.3 Å². The van der Waals surface area contributed by atoms with Gasteiger partial charge in [-0.3, -0.25) is 0 Å². The van der Waals surface area contributed by atoms with E-state index in [-0.39, 0.29) is 0 Å². The van der Waals surface area contributed by atoms with Crippen LogP contribution in [0.4, 0.5) is 0 Å². The quantitative estimate of drug-likeness (QED) is 0.579. The molecule has 4 aromatic rings. The highest BCUT2D eigenvalue weighted by molar-refractivity contribution is 5.86. The first-order valence-electron chi connectivity index (χ1n) is 7.38. The number of fused-ring (bicyclic) bond motifs is 1. The molecular weight excluding hydrogens is 282 g/mol. The molecule has 0 spiro atoms. The molecule has 3 nitrogen and oxygen atoms in total. The highest BCUT2D eigenvalue weighted by Crippen LogP contribution is 2.25. The van der Waals surface area contributed by atoms with Gasteiger partial charge in [-0.1, -0.05) is 48.5 Å². The maximum Gasteiger partial charge on any atom is 0.138 e. The molecule has 1 heterocycles. The zero-order chi connectivity index (χ0) is 15.6. The van der Waals surface area contributed by atoms with Gasteiger partial charge in [-0.2, -0.15) is 5.26 Å². The van der Waals surface area contributed by atoms with Crippen LogP contribution in [0, 0.1) is 11.3 Å². The lowest BCUT2D eigenvalue weighted by Crippen LogP contribution is -1.83. The van der Waals surface area contributed by atoms with Crippen LogP contribution in [0.1, 0.15) is 5.56 Å². The maximum absolute atomic E-state index is 9.01. The number of nitriles is 1. The highest BCUT2D eigenvalue weighted by Gasteiger charge is 2.07. The normalized spacial score (nSPS) is 10.6. The molecule has 0 aliphatic carbocycles. The van der Waals surface area contributed by atoms with Gasteiger partial charge < -0.3 is 4.98 Å². The molecular formula is C20H13N3. The van der Waals surface area contributed by atoms with Crippen molar-refractivity contribution >= 4 is 10.8 Å². The van der Waals surface area contributed by atoms with E-state index in [1.807, 2.05) is 36.5 Å². The predicted octanol–water partition coefficient (Wildman–Crippen LogP) is 4.77. The van der Waals surface area contributed by atoms with Gasteiger partial charge in [0.25, 0.3) is 0 Å². The molecule has 4 rings (SSSR count). The Labute approximate surface area is 133 Å². The molecule has 0 saturated carbocycles. The number of nitrogens with one attached hydrogen (secondary N) is 1. The highest BCUT2D eigenvalue weighted by atomic mass is 14.9. The third-order valence-corrected chi connectivity index (χ3v) is 3.89. The number of aromatic nitrogens is 2. The Hall–Kier alpha value is -3.38. The summed E-state index contributed by atoms with van der Waals surface area (Å²) < 4.78 is 0. The van der Waals surface area contributed by atoms with Gasteiger partial charge in [0.2, 0.25) is 0 Å². The van der Waals surface area contributed by atoms with Crippen molar-refractivity contribution in [1.29, 1.82) is 5.26 Å². The second-order valence-corrected chi connectivity index (χ2v) is 5.39. The van der Waals surface area contributed by atoms with Crippen molar-refractivity contribution in [1.82, 2.24) is 9.97 Å². The van der Waals surface area contributed by atoms with Crippen molar-refractivity contribution in [3.8, 4) is 28.7 Å². The van der Waals surface area contributed by atoms with E-state index >= 15 is 0 Å². The molecule has 0 fully saturated rings. The van der Waals surface area contributed by atoms with Crippen molar-refractivity contribution in [2.75, 3.05) is 0 Å². The zero-order valence-electron chi connectivity index (χ0n) is 12.3. The van der Waals surface area contributed by atoms with Gasteiger partial charge in [0.05, 0.1) is 17.3 Å². The Morgan fingerprint density at radius 1 is 0.826 bits per heavy atom. The number of aromatic amines is 1. The summed E-state index contributed by atoms with van der Waals surface area (Å²) >= 11 is 0. The number of rotatable bonds is 2. The fourth-order valence-electron chi connectivity index (χ4n) is 2.70. The smallest absolute Gasteiger partial charge is 0.138 e. The summed E-state index contributed by atoms with van der Waals surface area (Å²) in [5, 5.41) is 11.4. The number of hydrogen-bond donors (Lipinski definition) is 1. The van der Waals surface area contributed by atoms with Crippen LogP contribution in [0.25, 0.3) is 33.4 Å². The van der Waals surface area contributed by atoms with E-state index in [1.54, 1.807) is 6.07 Å². The molecule has 1 N–H and O–H groups in total. The van der Waals surface area contributed by atoms with Crippen molar-refractivity contribution in [3.05, 3.63) is 78.5 Å². The lowest BCUT2D eigenvalue weighted by Gasteiger charge is -2.01. The standard InChI is InChI=1S/C20H13N3/c21-12-14-4-3-7-18(10-14)20-22-13-19(23-20)17-9-8-15-5-1-2-6-16(15)11-17/h1-11,13H,(H,22,23). The number of H-pyrrole nitrogens is 1. The van der Waals surface area contributed by atoms with Gasteiger partial charge in [0.1, 0.15) is 5.82 Å². The molecule has 0 unspecified atom stereocenters. The molecule has 0 aliphatic rings. The van der Waals surface area contributed by atoms with E-state index in [2.05, 4.69) is 46.4 Å². The lowest BCUT2D eigenvalue weighted by molar-refractivity contribution is 1.31. The SMILES string of the molecule is N#Cc1cccc(-c2nc(-c3ccc4ccccc4c3)c[nH]2)c1. The van der Waals surface area contributed by atoms with Gasteiger partial charge in [-0.25, -0.2) is 4.98 Å². The predicted molar refractivity (Wildman–Crippen MR) is 91.7 cm³/mol. The molecule has 0 aliphatic heterocycles. The number of hydrogen-bond acceptors (Lipinski definition) is 2. The molecule has 0 atom stereocenters. The van der Waals surface area contributed by atoms with Gasteiger partial charge in [-0.15, -0.1) is 0 Å². The van der Waals surface area contributed by atoms with Crippen LogP contribution in [-0.2, 0) is 0 Å². The Morgan fingerprint density at radius 2 is 1.70 bits per heavy atom. The van der Waals surface area contributed by atoms with E-state index in [9.17, 15) is 0 Å². The molecule has 3 aromatic carbocycles. The van der Waals surface area contributed by atoms with Crippen LogP contribution in [0.2, 0.25) is 0 Å². The second-order valence-electron chi connectivity index (χ2n) is 5.39. The molecule has 3 heteroatoms. The topological polar surface area (TPSA) is 52.5 Å². The molecule has 0 saturated heterocycles. The van der Waals surface area contributed by atoms with Crippen LogP contribution >= 0.6 is 0 Å². The van der Waals surface area contributed by atoms with Crippen molar-refractivity contribution in [3.63, 3.8) is 0 Å². The summed E-state index contributed by atoms with van der Waals surface area (Å²) in [6, 6.07) is 24.2. The van der Waals surface area contributed by atoms with Crippen molar-refractivity contribution < 1.29 is 0 Å². The zero-order valence-corrected chi connectivity index (χ0v) is 12.3. The van der Waals surface area contributed by atoms with Crippen molar-refractivity contribution in [2.45, 2.75) is 0 Å². The molecule has 0 bridgehead atoms. The van der Waals surface area contributed by atoms with Crippen molar-refractivity contribution in [2.24, 2.45) is 0 Å². The minimum atomic E-state index is 0.631. The Morgan fingerprint density at radius 3 is 2.57 bits per heavy atom. The second kappa shape index (κ2) is 5.43. The largest absolute Gasteiger partial charge is 0.344 e. The van der Waals surface area contributed by atoms with Crippen LogP contribution in [0.3, 0.4) is 0 Å². The summed E-state index contributed by atoms with van der Waals surface area (Å²) in [7, 11) is 0. The van der Waals surface area contributed by atoms with E-state index < -0.39 is 0 Å². The fourth-order valence-corrected chi connectivity index (χ4v) is 2.70. The summed E-state index contributed by atoms with van der Waals surface area (Å²) in [5.74, 6) is 0.769. The average Bonchev–Trinajstić information content (AvgIpc) is 3.11. The van der Waals surface area contributed by atoms with Gasteiger partial charge in [-0.05, 0) is 29.0 Å². The summed E-state index contributed by atoms with van der Waals surface area (Å²) in [6.45, 7) is 0. The van der Waals surface area contributed by atoms with Crippen LogP contribution in [0.15, 0.2) is 72.9 Å². The van der Waals surface area contributed by atoms with Gasteiger partial charge in [0.15, 0.2) is 0 Å². The maximum atomic E-state index is 9.01. The minimum absolute atomic E-state index is 0.631. The summed E-state index contributed by atoms with van der Waals surface area (Å²) in [4.78, 5) is 7.87. The third-order valence-electron chi connectivity index (χ3n) is 3.89. The first-order valence-corrected chi connectivity index (χ1v) is 7.38. The number of nitrogens with zero attached hydrogens (tertiary/aromatic N) is 2. The number of imidazole rings is 1. The Balaban J connectivity index is 1.75. The monoisotopic (exact) mass is 295 g/mol. The van der Waals surface area contributed by atoms with E-state index in [1.165, 1.54) is 10.8 Å². The third kappa shape index (κ3) is 2.47. The number of benzene rings is 3. The first-order chi connectivity index (χ1) is 11.3. The molecule has 23 heavy (non-hydrogen) atoms.